The molecule has 0 heterocycles. The molecule has 80 valence electrons. The summed E-state index contributed by atoms with van der Waals surface area (Å²) >= 11 is 0. The van der Waals surface area contributed by atoms with E-state index >= 15 is 0 Å². The zero-order valence-electron chi connectivity index (χ0n) is 8.70. The fourth-order valence-electron chi connectivity index (χ4n) is 2.07. The zero-order chi connectivity index (χ0) is 10.7. The number of hydrogen-bond acceptors (Lipinski definition) is 2. The van der Waals surface area contributed by atoms with Crippen LogP contribution < -0.4 is 11.1 Å². The molecule has 3 heteroatoms. The summed E-state index contributed by atoms with van der Waals surface area (Å²) in [6.07, 6.45) is 5.04. The zero-order valence-corrected chi connectivity index (χ0v) is 8.70. The maximum absolute atomic E-state index is 11.0. The van der Waals surface area contributed by atoms with Crippen LogP contribution in [0.25, 0.3) is 0 Å². The Morgan fingerprint density at radius 3 is 2.73 bits per heavy atom. The average molecular weight is 204 g/mol. The third kappa shape index (κ3) is 2.49. The Bertz CT molecular complexity index is 356. The maximum Gasteiger partial charge on any atom is 0.248 e. The first-order valence-electron chi connectivity index (χ1n) is 5.42. The molecule has 3 N–H and O–H groups in total. The summed E-state index contributed by atoms with van der Waals surface area (Å²) in [7, 11) is 0. The van der Waals surface area contributed by atoms with E-state index in [2.05, 4.69) is 5.32 Å². The minimum absolute atomic E-state index is 0.370. The molecule has 0 aliphatic heterocycles. The van der Waals surface area contributed by atoms with E-state index in [-0.39, 0.29) is 5.91 Å². The number of nitrogens with two attached hydrogens (primary N) is 1. The molecule has 1 aromatic rings. The van der Waals surface area contributed by atoms with Crippen molar-refractivity contribution in [2.24, 2.45) is 5.73 Å². The summed E-state index contributed by atoms with van der Waals surface area (Å²) < 4.78 is 0. The highest BCUT2D eigenvalue weighted by molar-refractivity contribution is 5.93. The van der Waals surface area contributed by atoms with Crippen LogP contribution in [-0.4, -0.2) is 11.9 Å². The van der Waals surface area contributed by atoms with E-state index in [1.165, 1.54) is 25.7 Å². The van der Waals surface area contributed by atoms with E-state index in [0.717, 1.165) is 5.69 Å². The van der Waals surface area contributed by atoms with Gasteiger partial charge in [0.2, 0.25) is 5.91 Å². The summed E-state index contributed by atoms with van der Waals surface area (Å²) in [4.78, 5) is 11.0. The van der Waals surface area contributed by atoms with E-state index in [9.17, 15) is 4.79 Å². The molecule has 1 aliphatic carbocycles. The summed E-state index contributed by atoms with van der Waals surface area (Å²) in [5.74, 6) is -0.370. The fourth-order valence-corrected chi connectivity index (χ4v) is 2.07. The van der Waals surface area contributed by atoms with Gasteiger partial charge >= 0.3 is 0 Å². The Hall–Kier alpha value is -1.51. The summed E-state index contributed by atoms with van der Waals surface area (Å²) in [5.41, 5.74) is 6.79. The lowest BCUT2D eigenvalue weighted by Gasteiger charge is -2.13. The van der Waals surface area contributed by atoms with Crippen molar-refractivity contribution in [1.29, 1.82) is 0 Å². The second-order valence-electron chi connectivity index (χ2n) is 4.07. The van der Waals surface area contributed by atoms with Gasteiger partial charge in [0.05, 0.1) is 0 Å². The van der Waals surface area contributed by atoms with Crippen LogP contribution in [0.3, 0.4) is 0 Å². The lowest BCUT2D eigenvalue weighted by Crippen LogP contribution is -2.16. The van der Waals surface area contributed by atoms with Crippen molar-refractivity contribution in [3.63, 3.8) is 0 Å². The first kappa shape index (κ1) is 10.0. The van der Waals surface area contributed by atoms with E-state index in [0.29, 0.717) is 11.6 Å². The molecule has 0 unspecified atom stereocenters. The molecule has 0 spiro atoms. The van der Waals surface area contributed by atoms with Gasteiger partial charge in [0.1, 0.15) is 0 Å². The molecule has 3 nitrogen and oxygen atoms in total. The van der Waals surface area contributed by atoms with Crippen LogP contribution in [0.15, 0.2) is 24.3 Å². The molecule has 2 rings (SSSR count). The first-order valence-corrected chi connectivity index (χ1v) is 5.42. The molecular formula is C12H16N2O. The highest BCUT2D eigenvalue weighted by atomic mass is 16.1. The monoisotopic (exact) mass is 204 g/mol. The number of carbonyl (C=O) groups excluding carboxylic acids is 1. The molecule has 1 aliphatic rings. The number of carbonyl (C=O) groups is 1. The maximum atomic E-state index is 11.0. The topological polar surface area (TPSA) is 55.1 Å². The predicted molar refractivity (Wildman–Crippen MR) is 60.8 cm³/mol. The lowest BCUT2D eigenvalue weighted by atomic mass is 10.1. The Kier molecular flexibility index (Phi) is 2.90. The molecule has 0 radical (unpaired) electrons. The van der Waals surface area contributed by atoms with E-state index in [1.807, 2.05) is 18.2 Å². The minimum atomic E-state index is -0.370. The number of primary amides is 1. The van der Waals surface area contributed by atoms with Gasteiger partial charge < -0.3 is 11.1 Å². The standard InChI is InChI=1S/C12H16N2O/c13-12(15)9-4-3-7-11(8-9)14-10-5-1-2-6-10/h3-4,7-8,10,14H,1-2,5-6H2,(H2,13,15). The summed E-state index contributed by atoms with van der Waals surface area (Å²) in [5, 5.41) is 3.43. The van der Waals surface area contributed by atoms with Crippen LogP contribution in [0.5, 0.6) is 0 Å². The Morgan fingerprint density at radius 1 is 1.33 bits per heavy atom. The third-order valence-corrected chi connectivity index (χ3v) is 2.87. The molecule has 0 atom stereocenters. The highest BCUT2D eigenvalue weighted by Crippen LogP contribution is 2.22. The second-order valence-corrected chi connectivity index (χ2v) is 4.07. The van der Waals surface area contributed by atoms with Gasteiger partial charge in [0.25, 0.3) is 0 Å². The third-order valence-electron chi connectivity index (χ3n) is 2.87. The molecule has 15 heavy (non-hydrogen) atoms. The van der Waals surface area contributed by atoms with Crippen molar-refractivity contribution < 1.29 is 4.79 Å². The highest BCUT2D eigenvalue weighted by Gasteiger charge is 2.14. The van der Waals surface area contributed by atoms with E-state index in [1.54, 1.807) is 6.07 Å². The Balaban J connectivity index is 2.07. The van der Waals surface area contributed by atoms with Crippen molar-refractivity contribution in [2.45, 2.75) is 31.7 Å². The minimum Gasteiger partial charge on any atom is -0.382 e. The van der Waals surface area contributed by atoms with Gasteiger partial charge in [-0.2, -0.15) is 0 Å². The van der Waals surface area contributed by atoms with Gasteiger partial charge in [0, 0.05) is 17.3 Å². The predicted octanol–water partition coefficient (Wildman–Crippen LogP) is 2.14. The largest absolute Gasteiger partial charge is 0.382 e. The quantitative estimate of drug-likeness (QED) is 0.792. The van der Waals surface area contributed by atoms with Gasteiger partial charge in [-0.1, -0.05) is 18.9 Å². The Morgan fingerprint density at radius 2 is 2.07 bits per heavy atom. The Labute approximate surface area is 89.7 Å². The van der Waals surface area contributed by atoms with Crippen LogP contribution in [-0.2, 0) is 0 Å². The van der Waals surface area contributed by atoms with Gasteiger partial charge in [0.15, 0.2) is 0 Å². The van der Waals surface area contributed by atoms with Gasteiger partial charge in [-0.25, -0.2) is 0 Å². The number of amides is 1. The second kappa shape index (κ2) is 4.34. The normalized spacial score (nSPS) is 16.5. The molecule has 0 saturated heterocycles. The molecule has 1 amide bonds. The fraction of sp³-hybridized carbons (Fsp3) is 0.417. The van der Waals surface area contributed by atoms with Crippen molar-refractivity contribution in [3.8, 4) is 0 Å². The van der Waals surface area contributed by atoms with Crippen LogP contribution in [0.2, 0.25) is 0 Å². The number of nitrogens with one attached hydrogen (secondary N) is 1. The molecule has 1 aromatic carbocycles. The van der Waals surface area contributed by atoms with E-state index < -0.39 is 0 Å². The number of anilines is 1. The van der Waals surface area contributed by atoms with Gasteiger partial charge in [-0.3, -0.25) is 4.79 Å². The van der Waals surface area contributed by atoms with Crippen molar-refractivity contribution in [3.05, 3.63) is 29.8 Å². The van der Waals surface area contributed by atoms with Gasteiger partial charge in [-0.05, 0) is 31.0 Å². The van der Waals surface area contributed by atoms with Crippen LogP contribution in [0.1, 0.15) is 36.0 Å². The SMILES string of the molecule is NC(=O)c1cccc(NC2CCCC2)c1. The first-order chi connectivity index (χ1) is 7.25. The summed E-state index contributed by atoms with van der Waals surface area (Å²) in [6.45, 7) is 0. The van der Waals surface area contributed by atoms with E-state index in [4.69, 9.17) is 5.73 Å². The van der Waals surface area contributed by atoms with Crippen molar-refractivity contribution in [2.75, 3.05) is 5.32 Å². The average Bonchev–Trinajstić information content (AvgIpc) is 2.71. The summed E-state index contributed by atoms with van der Waals surface area (Å²) in [6, 6.07) is 7.96. The number of hydrogen-bond donors (Lipinski definition) is 2. The number of benzene rings is 1. The molecule has 0 bridgehead atoms. The molecule has 1 saturated carbocycles. The van der Waals surface area contributed by atoms with Gasteiger partial charge in [-0.15, -0.1) is 0 Å². The van der Waals surface area contributed by atoms with Crippen molar-refractivity contribution in [1.82, 2.24) is 0 Å². The molecule has 0 aromatic heterocycles. The lowest BCUT2D eigenvalue weighted by molar-refractivity contribution is 0.100. The van der Waals surface area contributed by atoms with Crippen LogP contribution in [0.4, 0.5) is 5.69 Å². The molecule has 1 fully saturated rings. The van der Waals surface area contributed by atoms with Crippen molar-refractivity contribution >= 4 is 11.6 Å². The molecular weight excluding hydrogens is 188 g/mol. The smallest absolute Gasteiger partial charge is 0.248 e. The number of rotatable bonds is 3. The van der Waals surface area contributed by atoms with Crippen LogP contribution >= 0.6 is 0 Å². The van der Waals surface area contributed by atoms with Crippen LogP contribution in [0, 0.1) is 0 Å².